The average Bonchev–Trinajstić information content (AvgIpc) is 3.25. The molecule has 35 heavy (non-hydrogen) atoms. The smallest absolute Gasteiger partial charge is 0.243 e. The number of nitrogens with zero attached hydrogens (tertiary/aromatic N) is 5. The third-order valence-corrected chi connectivity index (χ3v) is 8.05. The Bertz CT molecular complexity index is 1460. The van der Waals surface area contributed by atoms with Crippen molar-refractivity contribution in [1.82, 2.24) is 29.1 Å². The van der Waals surface area contributed by atoms with E-state index in [-0.39, 0.29) is 4.90 Å². The first-order valence-electron chi connectivity index (χ1n) is 11.8. The highest BCUT2D eigenvalue weighted by Gasteiger charge is 2.26. The Morgan fingerprint density at radius 2 is 1.89 bits per heavy atom. The zero-order valence-electron chi connectivity index (χ0n) is 19.9. The molecule has 1 aliphatic rings. The Morgan fingerprint density at radius 3 is 2.69 bits per heavy atom. The molecule has 1 aliphatic heterocycles. The number of rotatable bonds is 7. The van der Waals surface area contributed by atoms with Crippen LogP contribution in [0.5, 0.6) is 0 Å². The van der Waals surface area contributed by atoms with Gasteiger partial charge >= 0.3 is 0 Å². The first kappa shape index (κ1) is 23.4. The van der Waals surface area contributed by atoms with E-state index in [9.17, 15) is 8.42 Å². The number of benzene rings is 1. The van der Waals surface area contributed by atoms with Crippen molar-refractivity contribution in [1.29, 1.82) is 0 Å². The maximum absolute atomic E-state index is 13.1. The summed E-state index contributed by atoms with van der Waals surface area (Å²) in [5.74, 6) is 0.392. The first-order valence-corrected chi connectivity index (χ1v) is 13.3. The zero-order chi connectivity index (χ0) is 24.4. The van der Waals surface area contributed by atoms with Gasteiger partial charge in [-0.05, 0) is 49.2 Å². The summed E-state index contributed by atoms with van der Waals surface area (Å²) in [6.07, 6.45) is 6.63. The van der Waals surface area contributed by atoms with E-state index >= 15 is 0 Å². The molecular formula is C25H29N7O2S. The molecule has 0 bridgehead atoms. The highest BCUT2D eigenvalue weighted by molar-refractivity contribution is 7.89. The topological polar surface area (TPSA) is 105 Å². The number of piperazine rings is 1. The standard InChI is InChI=1S/C25H29N7O2S/c1-3-13-31-17-21(23-24(31)18(2)7-9-27-23)22-8-10-28-25(30-22)29-19-5-4-6-20(16-19)35(33,34)32-14-11-26-12-15-32/h4-10,16-17,26H,3,11-15H2,1-2H3,(H,28,29,30). The second-order valence-corrected chi connectivity index (χ2v) is 10.6. The minimum atomic E-state index is -3.56. The van der Waals surface area contributed by atoms with Crippen molar-refractivity contribution < 1.29 is 8.42 Å². The summed E-state index contributed by atoms with van der Waals surface area (Å²) in [6.45, 7) is 7.37. The molecule has 0 aliphatic carbocycles. The van der Waals surface area contributed by atoms with Crippen molar-refractivity contribution in [3.63, 3.8) is 0 Å². The maximum atomic E-state index is 13.1. The quantitative estimate of drug-likeness (QED) is 0.407. The largest absolute Gasteiger partial charge is 0.345 e. The summed E-state index contributed by atoms with van der Waals surface area (Å²) < 4.78 is 29.9. The molecule has 4 aromatic rings. The highest BCUT2D eigenvalue weighted by Crippen LogP contribution is 2.31. The van der Waals surface area contributed by atoms with Crippen LogP contribution in [0, 0.1) is 6.92 Å². The number of sulfonamides is 1. The van der Waals surface area contributed by atoms with Crippen LogP contribution in [0.2, 0.25) is 0 Å². The van der Waals surface area contributed by atoms with E-state index in [1.165, 1.54) is 9.87 Å². The van der Waals surface area contributed by atoms with Crippen LogP contribution in [0.4, 0.5) is 11.6 Å². The van der Waals surface area contributed by atoms with Crippen LogP contribution >= 0.6 is 0 Å². The third-order valence-electron chi connectivity index (χ3n) is 6.15. The fourth-order valence-electron chi connectivity index (χ4n) is 4.46. The van der Waals surface area contributed by atoms with E-state index in [1.54, 1.807) is 24.4 Å². The van der Waals surface area contributed by atoms with Gasteiger partial charge in [0, 0.05) is 62.6 Å². The van der Waals surface area contributed by atoms with Gasteiger partial charge in [0.25, 0.3) is 0 Å². The number of fused-ring (bicyclic) bond motifs is 1. The second kappa shape index (κ2) is 9.73. The van der Waals surface area contributed by atoms with E-state index in [0.717, 1.165) is 35.3 Å². The van der Waals surface area contributed by atoms with Gasteiger partial charge in [-0.3, -0.25) is 4.98 Å². The minimum absolute atomic E-state index is 0.253. The first-order chi connectivity index (χ1) is 17.0. The Labute approximate surface area is 205 Å². The molecule has 5 rings (SSSR count). The summed E-state index contributed by atoms with van der Waals surface area (Å²) in [5, 5.41) is 6.36. The van der Waals surface area contributed by atoms with E-state index < -0.39 is 10.0 Å². The van der Waals surface area contributed by atoms with Crippen LogP contribution < -0.4 is 10.6 Å². The number of hydrogen-bond acceptors (Lipinski definition) is 7. The van der Waals surface area contributed by atoms with Crippen LogP contribution in [0.25, 0.3) is 22.3 Å². The van der Waals surface area contributed by atoms with Crippen LogP contribution in [0.15, 0.2) is 59.9 Å². The van der Waals surface area contributed by atoms with Crippen molar-refractivity contribution >= 4 is 32.7 Å². The average molecular weight is 492 g/mol. The summed E-state index contributed by atoms with van der Waals surface area (Å²) in [5.41, 5.74) is 5.50. The molecular weight excluding hydrogens is 462 g/mol. The van der Waals surface area contributed by atoms with Gasteiger partial charge in [0.2, 0.25) is 16.0 Å². The molecule has 182 valence electrons. The predicted octanol–water partition coefficient (Wildman–Crippen LogP) is 3.55. The summed E-state index contributed by atoms with van der Waals surface area (Å²) in [4.78, 5) is 14.0. The van der Waals surface area contributed by atoms with Gasteiger partial charge in [-0.15, -0.1) is 0 Å². The number of pyridine rings is 1. The van der Waals surface area contributed by atoms with E-state index in [0.29, 0.717) is 37.8 Å². The Balaban J connectivity index is 1.45. The second-order valence-electron chi connectivity index (χ2n) is 8.63. The van der Waals surface area contributed by atoms with Gasteiger partial charge in [-0.2, -0.15) is 4.31 Å². The lowest BCUT2D eigenvalue weighted by atomic mass is 10.1. The zero-order valence-corrected chi connectivity index (χ0v) is 20.7. The maximum Gasteiger partial charge on any atom is 0.243 e. The molecule has 0 unspecified atom stereocenters. The van der Waals surface area contributed by atoms with Crippen LogP contribution in [-0.2, 0) is 16.6 Å². The Hall–Kier alpha value is -3.34. The molecule has 10 heteroatoms. The predicted molar refractivity (Wildman–Crippen MR) is 137 cm³/mol. The van der Waals surface area contributed by atoms with Crippen molar-refractivity contribution in [2.24, 2.45) is 0 Å². The van der Waals surface area contributed by atoms with Crippen molar-refractivity contribution in [3.05, 3.63) is 60.6 Å². The molecule has 9 nitrogen and oxygen atoms in total. The van der Waals surface area contributed by atoms with Gasteiger partial charge in [0.15, 0.2) is 0 Å². The lowest BCUT2D eigenvalue weighted by Crippen LogP contribution is -2.46. The number of hydrogen-bond donors (Lipinski definition) is 2. The molecule has 4 heterocycles. The van der Waals surface area contributed by atoms with Crippen molar-refractivity contribution in [2.45, 2.75) is 31.7 Å². The van der Waals surface area contributed by atoms with E-state index in [4.69, 9.17) is 4.98 Å². The molecule has 0 saturated carbocycles. The summed E-state index contributed by atoms with van der Waals surface area (Å²) in [6, 6.07) is 10.7. The van der Waals surface area contributed by atoms with Crippen molar-refractivity contribution in [2.75, 3.05) is 31.5 Å². The van der Waals surface area contributed by atoms with Crippen LogP contribution in [-0.4, -0.2) is 58.4 Å². The lowest BCUT2D eigenvalue weighted by Gasteiger charge is -2.26. The lowest BCUT2D eigenvalue weighted by molar-refractivity contribution is 0.360. The Kier molecular flexibility index (Phi) is 6.50. The van der Waals surface area contributed by atoms with E-state index in [2.05, 4.69) is 45.2 Å². The summed E-state index contributed by atoms with van der Waals surface area (Å²) >= 11 is 0. The Morgan fingerprint density at radius 1 is 1.09 bits per heavy atom. The molecule has 0 amide bonds. The molecule has 1 aromatic carbocycles. The number of nitrogens with one attached hydrogen (secondary N) is 2. The van der Waals surface area contributed by atoms with Crippen LogP contribution in [0.1, 0.15) is 18.9 Å². The molecule has 1 fully saturated rings. The molecule has 2 N–H and O–H groups in total. The van der Waals surface area contributed by atoms with Gasteiger partial charge in [0.05, 0.1) is 21.6 Å². The van der Waals surface area contributed by atoms with Gasteiger partial charge in [0.1, 0.15) is 0 Å². The molecule has 0 spiro atoms. The van der Waals surface area contributed by atoms with E-state index in [1.807, 2.05) is 24.4 Å². The SMILES string of the molecule is CCCn1cc(-c2ccnc(Nc3cccc(S(=O)(=O)N4CCNCC4)c3)n2)c2nccc(C)c21. The monoisotopic (exact) mass is 491 g/mol. The third kappa shape index (κ3) is 4.64. The van der Waals surface area contributed by atoms with Crippen molar-refractivity contribution in [3.8, 4) is 11.3 Å². The number of aromatic nitrogens is 4. The molecule has 0 atom stereocenters. The highest BCUT2D eigenvalue weighted by atomic mass is 32.2. The summed E-state index contributed by atoms with van der Waals surface area (Å²) in [7, 11) is -3.56. The molecule has 0 radical (unpaired) electrons. The minimum Gasteiger partial charge on any atom is -0.345 e. The normalized spacial score (nSPS) is 14.9. The number of aryl methyl sites for hydroxylation is 2. The number of anilines is 2. The molecule has 1 saturated heterocycles. The van der Waals surface area contributed by atoms with Gasteiger partial charge in [-0.25, -0.2) is 18.4 Å². The van der Waals surface area contributed by atoms with Crippen LogP contribution in [0.3, 0.4) is 0 Å². The fraction of sp³-hybridized carbons (Fsp3) is 0.320. The van der Waals surface area contributed by atoms with Gasteiger partial charge in [-0.1, -0.05) is 13.0 Å². The fourth-order valence-corrected chi connectivity index (χ4v) is 5.95. The molecule has 3 aromatic heterocycles. The van der Waals surface area contributed by atoms with Gasteiger partial charge < -0.3 is 15.2 Å².